The zero-order valence-corrected chi connectivity index (χ0v) is 11.5. The third-order valence-electron chi connectivity index (χ3n) is 2.79. The summed E-state index contributed by atoms with van der Waals surface area (Å²) in [6.07, 6.45) is 0. The van der Waals surface area contributed by atoms with E-state index in [2.05, 4.69) is 10.6 Å². The largest absolute Gasteiger partial charge is 0.387 e. The van der Waals surface area contributed by atoms with Gasteiger partial charge in [0.25, 0.3) is 5.91 Å². The Morgan fingerprint density at radius 2 is 1.95 bits per heavy atom. The number of amides is 1. The minimum atomic E-state index is -0.297. The summed E-state index contributed by atoms with van der Waals surface area (Å²) in [5, 5.41) is 15.2. The van der Waals surface area contributed by atoms with E-state index in [0.29, 0.717) is 27.5 Å². The molecule has 0 unspecified atom stereocenters. The number of nitriles is 1. The van der Waals surface area contributed by atoms with Crippen molar-refractivity contribution < 1.29 is 4.79 Å². The Bertz CT molecular complexity index is 692. The molecule has 0 aliphatic carbocycles. The van der Waals surface area contributed by atoms with Gasteiger partial charge in [-0.05, 0) is 30.3 Å². The minimum absolute atomic E-state index is 0.297. The highest BCUT2D eigenvalue weighted by Crippen LogP contribution is 2.22. The first kappa shape index (κ1) is 13.9. The predicted octanol–water partition coefficient (Wildman–Crippen LogP) is 3.51. The second-order valence-corrected chi connectivity index (χ2v) is 4.49. The zero-order valence-electron chi connectivity index (χ0n) is 10.8. The Kier molecular flexibility index (Phi) is 4.24. The van der Waals surface area contributed by atoms with E-state index in [1.54, 1.807) is 43.4 Å². The third-order valence-corrected chi connectivity index (χ3v) is 3.03. The van der Waals surface area contributed by atoms with E-state index >= 15 is 0 Å². The Balaban J connectivity index is 2.33. The van der Waals surface area contributed by atoms with Gasteiger partial charge in [-0.25, -0.2) is 0 Å². The number of para-hydroxylation sites is 1. The number of benzene rings is 2. The summed E-state index contributed by atoms with van der Waals surface area (Å²) in [5.74, 6) is -0.297. The maximum Gasteiger partial charge on any atom is 0.257 e. The van der Waals surface area contributed by atoms with E-state index in [9.17, 15) is 4.79 Å². The van der Waals surface area contributed by atoms with Gasteiger partial charge in [0.2, 0.25) is 0 Å². The molecular formula is C15H12ClN3O. The lowest BCUT2D eigenvalue weighted by molar-refractivity contribution is 0.102. The highest BCUT2D eigenvalue weighted by molar-refractivity contribution is 6.31. The van der Waals surface area contributed by atoms with Crippen LogP contribution in [-0.2, 0) is 0 Å². The number of hydrogen-bond acceptors (Lipinski definition) is 3. The standard InChI is InChI=1S/C15H12ClN3O/c1-18-13-5-3-2-4-12(13)15(20)19-14-8-11(16)7-6-10(14)9-17/h2-8,18H,1H3,(H,19,20). The highest BCUT2D eigenvalue weighted by Gasteiger charge is 2.12. The average molecular weight is 286 g/mol. The molecule has 2 rings (SSSR count). The van der Waals surface area contributed by atoms with Gasteiger partial charge in [0.1, 0.15) is 6.07 Å². The molecule has 0 radical (unpaired) electrons. The number of halogens is 1. The van der Waals surface area contributed by atoms with Crippen LogP contribution in [0, 0.1) is 11.3 Å². The normalized spacial score (nSPS) is 9.65. The van der Waals surface area contributed by atoms with Crippen LogP contribution in [0.1, 0.15) is 15.9 Å². The molecule has 0 aliphatic rings. The summed E-state index contributed by atoms with van der Waals surface area (Å²) in [4.78, 5) is 12.3. The van der Waals surface area contributed by atoms with Crippen LogP contribution >= 0.6 is 11.6 Å². The summed E-state index contributed by atoms with van der Waals surface area (Å²) >= 11 is 5.89. The van der Waals surface area contributed by atoms with Crippen molar-refractivity contribution in [2.24, 2.45) is 0 Å². The van der Waals surface area contributed by atoms with Crippen LogP contribution in [0.2, 0.25) is 5.02 Å². The summed E-state index contributed by atoms with van der Waals surface area (Å²) in [6.45, 7) is 0. The molecule has 5 heteroatoms. The van der Waals surface area contributed by atoms with Gasteiger partial charge in [-0.1, -0.05) is 23.7 Å². The number of anilines is 2. The topological polar surface area (TPSA) is 64.9 Å². The van der Waals surface area contributed by atoms with Crippen molar-refractivity contribution in [2.75, 3.05) is 17.7 Å². The second kappa shape index (κ2) is 6.09. The molecule has 0 spiro atoms. The Hall–Kier alpha value is -2.51. The van der Waals surface area contributed by atoms with E-state index in [4.69, 9.17) is 16.9 Å². The maximum absolute atomic E-state index is 12.3. The van der Waals surface area contributed by atoms with Crippen molar-refractivity contribution in [3.8, 4) is 6.07 Å². The van der Waals surface area contributed by atoms with Gasteiger partial charge in [0.15, 0.2) is 0 Å². The highest BCUT2D eigenvalue weighted by atomic mass is 35.5. The molecule has 100 valence electrons. The van der Waals surface area contributed by atoms with Crippen LogP contribution in [0.3, 0.4) is 0 Å². The molecule has 0 aliphatic heterocycles. The molecular weight excluding hydrogens is 274 g/mol. The first-order valence-corrected chi connectivity index (χ1v) is 6.31. The van der Waals surface area contributed by atoms with Crippen LogP contribution in [0.5, 0.6) is 0 Å². The van der Waals surface area contributed by atoms with Crippen molar-refractivity contribution in [3.05, 3.63) is 58.6 Å². The summed E-state index contributed by atoms with van der Waals surface area (Å²) in [6, 6.07) is 13.9. The number of carbonyl (C=O) groups excluding carboxylic acids is 1. The molecule has 0 aromatic heterocycles. The number of hydrogen-bond donors (Lipinski definition) is 2. The summed E-state index contributed by atoms with van der Waals surface area (Å²) in [5.41, 5.74) is 1.98. The quantitative estimate of drug-likeness (QED) is 0.907. The molecule has 2 aromatic rings. The molecule has 1 amide bonds. The molecule has 0 atom stereocenters. The number of nitrogens with zero attached hydrogens (tertiary/aromatic N) is 1. The van der Waals surface area contributed by atoms with Gasteiger partial charge < -0.3 is 10.6 Å². The Labute approximate surface area is 122 Å². The van der Waals surface area contributed by atoms with E-state index in [-0.39, 0.29) is 5.91 Å². The lowest BCUT2D eigenvalue weighted by Gasteiger charge is -2.10. The average Bonchev–Trinajstić information content (AvgIpc) is 2.47. The Morgan fingerprint density at radius 3 is 2.65 bits per heavy atom. The first-order chi connectivity index (χ1) is 9.65. The van der Waals surface area contributed by atoms with Crippen molar-refractivity contribution in [1.29, 1.82) is 5.26 Å². The fourth-order valence-electron chi connectivity index (χ4n) is 1.81. The summed E-state index contributed by atoms with van der Waals surface area (Å²) < 4.78 is 0. The van der Waals surface area contributed by atoms with Gasteiger partial charge in [-0.15, -0.1) is 0 Å². The lowest BCUT2D eigenvalue weighted by atomic mass is 10.1. The SMILES string of the molecule is CNc1ccccc1C(=O)Nc1cc(Cl)ccc1C#N. The number of rotatable bonds is 3. The van der Waals surface area contributed by atoms with Crippen molar-refractivity contribution in [1.82, 2.24) is 0 Å². The van der Waals surface area contributed by atoms with Crippen molar-refractivity contribution in [3.63, 3.8) is 0 Å². The van der Waals surface area contributed by atoms with Crippen LogP contribution in [0.25, 0.3) is 0 Å². The minimum Gasteiger partial charge on any atom is -0.387 e. The van der Waals surface area contributed by atoms with Gasteiger partial charge in [0.05, 0.1) is 16.8 Å². The third kappa shape index (κ3) is 2.90. The Morgan fingerprint density at radius 1 is 1.20 bits per heavy atom. The summed E-state index contributed by atoms with van der Waals surface area (Å²) in [7, 11) is 1.74. The monoisotopic (exact) mass is 285 g/mol. The molecule has 0 heterocycles. The first-order valence-electron chi connectivity index (χ1n) is 5.93. The maximum atomic E-state index is 12.3. The molecule has 20 heavy (non-hydrogen) atoms. The van der Waals surface area contributed by atoms with Crippen LogP contribution in [0.4, 0.5) is 11.4 Å². The van der Waals surface area contributed by atoms with Gasteiger partial charge in [0, 0.05) is 17.8 Å². The van der Waals surface area contributed by atoms with Gasteiger partial charge >= 0.3 is 0 Å². The molecule has 4 nitrogen and oxygen atoms in total. The zero-order chi connectivity index (χ0) is 14.5. The molecule has 0 fully saturated rings. The van der Waals surface area contributed by atoms with Gasteiger partial charge in [-0.3, -0.25) is 4.79 Å². The van der Waals surface area contributed by atoms with Crippen molar-refractivity contribution >= 4 is 28.9 Å². The van der Waals surface area contributed by atoms with E-state index < -0.39 is 0 Å². The van der Waals surface area contributed by atoms with Crippen LogP contribution in [-0.4, -0.2) is 13.0 Å². The van der Waals surface area contributed by atoms with Crippen LogP contribution < -0.4 is 10.6 Å². The second-order valence-electron chi connectivity index (χ2n) is 4.05. The molecule has 2 aromatic carbocycles. The number of nitrogens with one attached hydrogen (secondary N) is 2. The lowest BCUT2D eigenvalue weighted by Crippen LogP contribution is -2.14. The molecule has 2 N–H and O–H groups in total. The van der Waals surface area contributed by atoms with E-state index in [1.807, 2.05) is 12.1 Å². The van der Waals surface area contributed by atoms with E-state index in [0.717, 1.165) is 0 Å². The van der Waals surface area contributed by atoms with Crippen molar-refractivity contribution in [2.45, 2.75) is 0 Å². The predicted molar refractivity (Wildman–Crippen MR) is 80.1 cm³/mol. The fourth-order valence-corrected chi connectivity index (χ4v) is 1.98. The van der Waals surface area contributed by atoms with Crippen LogP contribution in [0.15, 0.2) is 42.5 Å². The molecule has 0 saturated heterocycles. The fraction of sp³-hybridized carbons (Fsp3) is 0.0667. The molecule has 0 saturated carbocycles. The van der Waals surface area contributed by atoms with Gasteiger partial charge in [-0.2, -0.15) is 5.26 Å². The molecule has 0 bridgehead atoms. The number of carbonyl (C=O) groups is 1. The smallest absolute Gasteiger partial charge is 0.257 e. The van der Waals surface area contributed by atoms with E-state index in [1.165, 1.54) is 0 Å².